The topological polar surface area (TPSA) is 44.8 Å². The average molecular weight is 408 g/mol. The summed E-state index contributed by atoms with van der Waals surface area (Å²) in [5.41, 5.74) is 3.17. The first kappa shape index (κ1) is 20.7. The van der Waals surface area contributed by atoms with E-state index in [4.69, 9.17) is 4.74 Å². The van der Waals surface area contributed by atoms with Crippen LogP contribution in [0, 0.1) is 0 Å². The van der Waals surface area contributed by atoms with Gasteiger partial charge in [-0.3, -0.25) is 4.79 Å². The molecule has 0 spiro atoms. The Morgan fingerprint density at radius 1 is 1.03 bits per heavy atom. The maximum absolute atomic E-state index is 12.7. The summed E-state index contributed by atoms with van der Waals surface area (Å²) in [6, 6.07) is 16.3. The zero-order valence-electron chi connectivity index (χ0n) is 18.0. The third kappa shape index (κ3) is 5.54. The minimum absolute atomic E-state index is 0.0543. The van der Waals surface area contributed by atoms with Crippen molar-refractivity contribution < 1.29 is 9.53 Å². The Balaban J connectivity index is 1.32. The molecule has 0 bridgehead atoms. The molecule has 1 saturated carbocycles. The van der Waals surface area contributed by atoms with Gasteiger partial charge < -0.3 is 19.9 Å². The highest BCUT2D eigenvalue weighted by Crippen LogP contribution is 2.27. The van der Waals surface area contributed by atoms with Crippen LogP contribution in [0.4, 0.5) is 11.4 Å². The summed E-state index contributed by atoms with van der Waals surface area (Å²) in [5, 5.41) is 3.14. The summed E-state index contributed by atoms with van der Waals surface area (Å²) in [7, 11) is 2.15. The highest BCUT2D eigenvalue weighted by atomic mass is 16.5. The molecule has 0 unspecified atom stereocenters. The molecule has 1 saturated heterocycles. The van der Waals surface area contributed by atoms with E-state index in [2.05, 4.69) is 40.4 Å². The molecule has 1 aliphatic carbocycles. The second-order valence-corrected chi connectivity index (χ2v) is 8.53. The van der Waals surface area contributed by atoms with E-state index in [0.717, 1.165) is 61.7 Å². The molecule has 30 heavy (non-hydrogen) atoms. The van der Waals surface area contributed by atoms with Gasteiger partial charge in [-0.05, 0) is 69.0 Å². The molecule has 2 fully saturated rings. The molecule has 1 amide bonds. The van der Waals surface area contributed by atoms with E-state index in [1.165, 1.54) is 12.8 Å². The van der Waals surface area contributed by atoms with Crippen molar-refractivity contribution in [2.45, 2.75) is 44.6 Å². The Bertz CT molecular complexity index is 840. The van der Waals surface area contributed by atoms with Crippen molar-refractivity contribution in [3.05, 3.63) is 54.1 Å². The lowest BCUT2D eigenvalue weighted by molar-refractivity contribution is -0.116. The van der Waals surface area contributed by atoms with Gasteiger partial charge in [0.15, 0.2) is 0 Å². The number of benzene rings is 2. The quantitative estimate of drug-likeness (QED) is 0.742. The molecule has 1 aliphatic heterocycles. The Hall–Kier alpha value is -2.53. The molecule has 0 radical (unpaired) electrons. The zero-order valence-corrected chi connectivity index (χ0v) is 18.0. The minimum atomic E-state index is 0.0543. The lowest BCUT2D eigenvalue weighted by Gasteiger charge is -2.35. The van der Waals surface area contributed by atoms with Crippen LogP contribution in [0.2, 0.25) is 0 Å². The average Bonchev–Trinajstić information content (AvgIpc) is 3.27. The first-order chi connectivity index (χ1) is 14.7. The molecule has 4 rings (SSSR count). The number of likely N-dealkylation sites (N-methyl/N-ethyl adjacent to an activating group) is 1. The van der Waals surface area contributed by atoms with Gasteiger partial charge in [0.2, 0.25) is 5.91 Å². The van der Waals surface area contributed by atoms with Crippen LogP contribution in [0.25, 0.3) is 0 Å². The van der Waals surface area contributed by atoms with Gasteiger partial charge in [0.25, 0.3) is 0 Å². The second kappa shape index (κ2) is 9.98. The molecule has 1 heterocycles. The summed E-state index contributed by atoms with van der Waals surface area (Å²) in [5.74, 6) is 0.985. The number of hydrogen-bond acceptors (Lipinski definition) is 4. The number of amides is 1. The van der Waals surface area contributed by atoms with Crippen molar-refractivity contribution in [2.75, 3.05) is 43.4 Å². The van der Waals surface area contributed by atoms with Crippen molar-refractivity contribution in [3.63, 3.8) is 0 Å². The van der Waals surface area contributed by atoms with Gasteiger partial charge >= 0.3 is 0 Å². The number of rotatable bonds is 7. The standard InChI is InChI=1S/C25H33N3O2/c1-27-15-17-28(18-16-27)24-12-5-4-11-23(24)26-25(29)14-13-20-7-6-10-22(19-20)30-21-8-2-3-9-21/h4-7,10-12,19,21H,2-3,8-9,13-18H2,1H3,(H,26,29). The lowest BCUT2D eigenvalue weighted by atomic mass is 10.1. The van der Waals surface area contributed by atoms with Crippen LogP contribution >= 0.6 is 0 Å². The number of nitrogens with one attached hydrogen (secondary N) is 1. The van der Waals surface area contributed by atoms with Gasteiger partial charge in [-0.15, -0.1) is 0 Å². The van der Waals surface area contributed by atoms with Crippen LogP contribution in [0.1, 0.15) is 37.7 Å². The molecule has 160 valence electrons. The molecule has 0 aromatic heterocycles. The summed E-state index contributed by atoms with van der Waals surface area (Å²) in [6.45, 7) is 4.05. The van der Waals surface area contributed by atoms with Crippen LogP contribution in [-0.2, 0) is 11.2 Å². The first-order valence-electron chi connectivity index (χ1n) is 11.3. The van der Waals surface area contributed by atoms with E-state index in [-0.39, 0.29) is 5.91 Å². The van der Waals surface area contributed by atoms with E-state index < -0.39 is 0 Å². The number of aryl methyl sites for hydroxylation is 1. The fourth-order valence-corrected chi connectivity index (χ4v) is 4.35. The highest BCUT2D eigenvalue weighted by molar-refractivity contribution is 5.94. The predicted molar refractivity (Wildman–Crippen MR) is 122 cm³/mol. The van der Waals surface area contributed by atoms with E-state index in [1.807, 2.05) is 30.3 Å². The normalized spacial score (nSPS) is 17.8. The third-order valence-electron chi connectivity index (χ3n) is 6.17. The van der Waals surface area contributed by atoms with Gasteiger partial charge in [0.05, 0.1) is 17.5 Å². The molecule has 2 aliphatic rings. The van der Waals surface area contributed by atoms with Gasteiger partial charge in [0.1, 0.15) is 5.75 Å². The largest absolute Gasteiger partial charge is 0.490 e. The van der Waals surface area contributed by atoms with Crippen LogP contribution in [0.5, 0.6) is 5.75 Å². The SMILES string of the molecule is CN1CCN(c2ccccc2NC(=O)CCc2cccc(OC3CCCC3)c2)CC1. The molecule has 2 aromatic rings. The predicted octanol–water partition coefficient (Wildman–Crippen LogP) is 4.33. The second-order valence-electron chi connectivity index (χ2n) is 8.53. The summed E-state index contributed by atoms with van der Waals surface area (Å²) >= 11 is 0. The van der Waals surface area contributed by atoms with E-state index >= 15 is 0 Å². The van der Waals surface area contributed by atoms with Crippen molar-refractivity contribution in [1.82, 2.24) is 4.90 Å². The fourth-order valence-electron chi connectivity index (χ4n) is 4.35. The number of carbonyl (C=O) groups excluding carboxylic acids is 1. The number of anilines is 2. The Kier molecular flexibility index (Phi) is 6.90. The number of carbonyl (C=O) groups is 1. The molecule has 1 N–H and O–H groups in total. The van der Waals surface area contributed by atoms with Gasteiger partial charge in [-0.25, -0.2) is 0 Å². The smallest absolute Gasteiger partial charge is 0.224 e. The molecule has 0 atom stereocenters. The van der Waals surface area contributed by atoms with Gasteiger partial charge in [-0.1, -0.05) is 24.3 Å². The molecule has 5 heteroatoms. The van der Waals surface area contributed by atoms with Crippen LogP contribution in [0.3, 0.4) is 0 Å². The van der Waals surface area contributed by atoms with Crippen molar-refractivity contribution in [1.29, 1.82) is 0 Å². The van der Waals surface area contributed by atoms with E-state index in [0.29, 0.717) is 18.9 Å². The molecular weight excluding hydrogens is 374 g/mol. The van der Waals surface area contributed by atoms with Gasteiger partial charge in [0, 0.05) is 32.6 Å². The van der Waals surface area contributed by atoms with Crippen LogP contribution in [0.15, 0.2) is 48.5 Å². The molecule has 2 aromatic carbocycles. The zero-order chi connectivity index (χ0) is 20.8. The van der Waals surface area contributed by atoms with Crippen LogP contribution < -0.4 is 15.0 Å². The summed E-state index contributed by atoms with van der Waals surface area (Å²) in [4.78, 5) is 17.4. The summed E-state index contributed by atoms with van der Waals surface area (Å²) < 4.78 is 6.10. The number of nitrogens with zero attached hydrogens (tertiary/aromatic N) is 2. The number of para-hydroxylation sites is 2. The Labute approximate surface area is 180 Å². The maximum atomic E-state index is 12.7. The lowest BCUT2D eigenvalue weighted by Crippen LogP contribution is -2.44. The van der Waals surface area contributed by atoms with Crippen molar-refractivity contribution in [3.8, 4) is 5.75 Å². The van der Waals surface area contributed by atoms with Crippen molar-refractivity contribution >= 4 is 17.3 Å². The van der Waals surface area contributed by atoms with E-state index in [9.17, 15) is 4.79 Å². The highest BCUT2D eigenvalue weighted by Gasteiger charge is 2.18. The van der Waals surface area contributed by atoms with Crippen LogP contribution in [-0.4, -0.2) is 50.1 Å². The number of hydrogen-bond donors (Lipinski definition) is 1. The Morgan fingerprint density at radius 2 is 1.80 bits per heavy atom. The number of ether oxygens (including phenoxy) is 1. The monoisotopic (exact) mass is 407 g/mol. The maximum Gasteiger partial charge on any atom is 0.224 e. The minimum Gasteiger partial charge on any atom is -0.490 e. The fraction of sp³-hybridized carbons (Fsp3) is 0.480. The van der Waals surface area contributed by atoms with E-state index in [1.54, 1.807) is 0 Å². The number of piperazine rings is 1. The molecule has 5 nitrogen and oxygen atoms in total. The third-order valence-corrected chi connectivity index (χ3v) is 6.17. The van der Waals surface area contributed by atoms with Crippen molar-refractivity contribution in [2.24, 2.45) is 0 Å². The Morgan fingerprint density at radius 3 is 2.60 bits per heavy atom. The first-order valence-corrected chi connectivity index (χ1v) is 11.3. The molecular formula is C25H33N3O2. The van der Waals surface area contributed by atoms with Gasteiger partial charge in [-0.2, -0.15) is 0 Å². The summed E-state index contributed by atoms with van der Waals surface area (Å²) in [6.07, 6.45) is 6.36.